The van der Waals surface area contributed by atoms with Gasteiger partial charge in [-0.25, -0.2) is 9.37 Å². The number of hydrogen-bond donors (Lipinski definition) is 0. The summed E-state index contributed by atoms with van der Waals surface area (Å²) in [6, 6.07) is 58.4. The third-order valence-corrected chi connectivity index (χ3v) is 13.3. The van der Waals surface area contributed by atoms with Gasteiger partial charge in [0.25, 0.3) is 6.33 Å². The summed E-state index contributed by atoms with van der Waals surface area (Å²) in [6.07, 6.45) is 5.72. The van der Waals surface area contributed by atoms with Crippen molar-refractivity contribution in [1.29, 1.82) is 0 Å². The van der Waals surface area contributed by atoms with Crippen LogP contribution in [0.25, 0.3) is 105 Å². The molecule has 316 valence electrons. The van der Waals surface area contributed by atoms with E-state index < -0.39 is 0 Å². The van der Waals surface area contributed by atoms with Crippen molar-refractivity contribution in [3.63, 3.8) is 0 Å². The summed E-state index contributed by atoms with van der Waals surface area (Å²) in [6.45, 7) is 8.41. The summed E-state index contributed by atoms with van der Waals surface area (Å²) in [5.74, 6) is 1.75. The minimum atomic E-state index is -0.300. The fourth-order valence-corrected chi connectivity index (χ4v) is 10.1. The topological polar surface area (TPSA) is 49.0 Å². The van der Waals surface area contributed by atoms with Gasteiger partial charge in [-0.05, 0) is 118 Å². The van der Waals surface area contributed by atoms with E-state index in [0.717, 1.165) is 77.5 Å². The number of halogens is 1. The normalized spacial score (nSPS) is 12.3. The highest BCUT2D eigenvalue weighted by Crippen LogP contribution is 2.45. The lowest BCUT2D eigenvalue weighted by Crippen LogP contribution is -2.30. The maximum atomic E-state index is 15.5. The highest BCUT2D eigenvalue weighted by molar-refractivity contribution is 6.11. The first kappa shape index (κ1) is 38.2. The molecule has 5 heterocycles. The highest BCUT2D eigenvalue weighted by Gasteiger charge is 2.26. The Labute approximate surface area is 380 Å². The summed E-state index contributed by atoms with van der Waals surface area (Å²) < 4.78 is 35.7. The fourth-order valence-electron chi connectivity index (χ4n) is 10.1. The first-order valence-electron chi connectivity index (χ1n) is 22.3. The predicted molar refractivity (Wildman–Crippen MR) is 263 cm³/mol. The van der Waals surface area contributed by atoms with Crippen molar-refractivity contribution in [2.45, 2.75) is 33.1 Å². The van der Waals surface area contributed by atoms with Crippen LogP contribution in [0.5, 0.6) is 11.5 Å². The van der Waals surface area contributed by atoms with E-state index >= 15 is 4.39 Å². The lowest BCUT2D eigenvalue weighted by Gasteiger charge is -2.20. The second-order valence-electron chi connectivity index (χ2n) is 18.4. The number of rotatable bonds is 4. The predicted octanol–water partition coefficient (Wildman–Crippen LogP) is 15.0. The minimum absolute atomic E-state index is 0.0575. The second-order valence-corrected chi connectivity index (χ2v) is 18.4. The molecule has 0 aliphatic carbocycles. The first-order chi connectivity index (χ1) is 32.2. The van der Waals surface area contributed by atoms with Gasteiger partial charge in [0, 0.05) is 33.8 Å². The fraction of sp³-hybridized carbons (Fsp3) is 0.0847. The average molecular weight is 857 g/mol. The molecule has 0 saturated carbocycles. The molecule has 0 saturated heterocycles. The monoisotopic (exact) mass is 856 g/mol. The Morgan fingerprint density at radius 1 is 0.591 bits per heavy atom. The largest absolute Gasteiger partial charge is 0.460 e. The smallest absolute Gasteiger partial charge is 0.270 e. The van der Waals surface area contributed by atoms with Crippen LogP contribution in [0, 0.1) is 19.1 Å². The number of imidazole rings is 1. The zero-order valence-electron chi connectivity index (χ0n) is 36.7. The van der Waals surface area contributed by atoms with Gasteiger partial charge in [0.15, 0.2) is 0 Å². The van der Waals surface area contributed by atoms with Crippen LogP contribution in [0.4, 0.5) is 4.39 Å². The van der Waals surface area contributed by atoms with Crippen LogP contribution in [0.1, 0.15) is 31.9 Å². The van der Waals surface area contributed by atoms with Gasteiger partial charge in [-0.15, -0.1) is 0 Å². The van der Waals surface area contributed by atoms with Crippen LogP contribution in [0.2, 0.25) is 0 Å². The van der Waals surface area contributed by atoms with E-state index in [4.69, 9.17) is 14.1 Å². The number of aryl methyl sites for hydroxylation is 1. The third-order valence-electron chi connectivity index (χ3n) is 13.3. The van der Waals surface area contributed by atoms with E-state index in [1.54, 1.807) is 19.1 Å². The lowest BCUT2D eigenvalue weighted by atomic mass is 9.88. The molecule has 0 spiro atoms. The molecule has 13 rings (SSSR count). The van der Waals surface area contributed by atoms with Gasteiger partial charge in [-0.1, -0.05) is 124 Å². The van der Waals surface area contributed by atoms with Gasteiger partial charge < -0.3 is 9.15 Å². The van der Waals surface area contributed by atoms with Crippen molar-refractivity contribution in [1.82, 2.24) is 14.1 Å². The Bertz CT molecular complexity index is 4000. The molecule has 12 aromatic rings. The maximum absolute atomic E-state index is 15.5. The number of nitrogens with zero attached hydrogens (tertiary/aromatic N) is 4. The van der Waals surface area contributed by atoms with Gasteiger partial charge >= 0.3 is 0 Å². The number of ether oxygens (including phenoxy) is 1. The lowest BCUT2D eigenvalue weighted by molar-refractivity contribution is -0.571. The van der Waals surface area contributed by atoms with Crippen molar-refractivity contribution >= 4 is 54.8 Å². The maximum Gasteiger partial charge on any atom is 0.270 e. The second kappa shape index (κ2) is 14.1. The van der Waals surface area contributed by atoms with Crippen molar-refractivity contribution in [2.75, 3.05) is 0 Å². The molecule has 4 aromatic heterocycles. The van der Waals surface area contributed by atoms with Gasteiger partial charge in [-0.3, -0.25) is 13.7 Å². The SMILES string of the molecule is Cc1cc2oc3c(-n4[c-][n+]5c6c(cccc64)-c4ccccc4-c4ccccc4-c4ccccc4-5)cc(Oc4ccc5c6ccccc6n(-c6cc(C(C)(C)C)ccn6)c5c4)cc3c2cc1F. The summed E-state index contributed by atoms with van der Waals surface area (Å²) in [5.41, 5.74) is 15.2. The first-order valence-corrected chi connectivity index (χ1v) is 22.3. The number of furan rings is 1. The number of aromatic nitrogens is 4. The number of hydrogen-bond acceptors (Lipinski definition) is 3. The third kappa shape index (κ3) is 5.72. The van der Waals surface area contributed by atoms with Crippen molar-refractivity contribution < 1.29 is 18.1 Å². The van der Waals surface area contributed by atoms with Gasteiger partial charge in [0.2, 0.25) is 0 Å². The number of fused-ring (bicyclic) bond motifs is 13. The summed E-state index contributed by atoms with van der Waals surface area (Å²) in [4.78, 5) is 4.90. The van der Waals surface area contributed by atoms with Crippen LogP contribution in [-0.2, 0) is 5.41 Å². The zero-order chi connectivity index (χ0) is 44.4. The molecular formula is C59H41FN4O2. The van der Waals surface area contributed by atoms with E-state index in [2.05, 4.69) is 180 Å². The van der Waals surface area contributed by atoms with Crippen LogP contribution < -0.4 is 9.30 Å². The van der Waals surface area contributed by atoms with Crippen LogP contribution in [0.3, 0.4) is 0 Å². The standard InChI is InChI=1S/C59H41FN4O2/c1-35-28-55-47(33-49(35)60)48-30-38(65-37-24-25-45-44-19-10-12-22-51(44)64(53(45)31-37)56-29-36(26-27-61-56)59(2,3)4)32-54(58(48)66-55)62-34-63-50-21-11-9-18-43(50)41-16-7-5-14-39(41)40-15-6-8-17-42(40)46-20-13-23-52(62)57(46)63/h5-33H,1-4H3. The zero-order valence-corrected chi connectivity index (χ0v) is 36.7. The Hall–Kier alpha value is -8.29. The van der Waals surface area contributed by atoms with E-state index in [9.17, 15) is 0 Å². The van der Waals surface area contributed by atoms with Crippen LogP contribution in [0.15, 0.2) is 180 Å². The average Bonchev–Trinajstić information content (AvgIpc) is 4.01. The molecule has 66 heavy (non-hydrogen) atoms. The molecular weight excluding hydrogens is 816 g/mol. The van der Waals surface area contributed by atoms with Crippen molar-refractivity contribution in [3.05, 3.63) is 199 Å². The van der Waals surface area contributed by atoms with Gasteiger partial charge in [-0.2, -0.15) is 0 Å². The van der Waals surface area contributed by atoms with Crippen molar-refractivity contribution in [2.24, 2.45) is 0 Å². The van der Waals surface area contributed by atoms with Crippen LogP contribution >= 0.6 is 0 Å². The quantitative estimate of drug-likeness (QED) is 0.131. The molecule has 1 aliphatic rings. The molecule has 7 heteroatoms. The molecule has 0 bridgehead atoms. The van der Waals surface area contributed by atoms with Gasteiger partial charge in [0.1, 0.15) is 40.0 Å². The number of para-hydroxylation sites is 3. The highest BCUT2D eigenvalue weighted by atomic mass is 19.1. The molecule has 0 amide bonds. The molecule has 8 aromatic carbocycles. The van der Waals surface area contributed by atoms with Crippen LogP contribution in [-0.4, -0.2) is 14.1 Å². The Kier molecular flexibility index (Phi) is 8.16. The molecule has 1 aliphatic heterocycles. The van der Waals surface area contributed by atoms with E-state index in [-0.39, 0.29) is 11.2 Å². The minimum Gasteiger partial charge on any atom is -0.460 e. The number of pyridine rings is 1. The molecule has 0 atom stereocenters. The molecule has 6 nitrogen and oxygen atoms in total. The molecule has 0 fully saturated rings. The van der Waals surface area contributed by atoms with E-state index in [1.165, 1.54) is 11.1 Å². The van der Waals surface area contributed by atoms with Gasteiger partial charge in [0.05, 0.1) is 27.8 Å². The summed E-state index contributed by atoms with van der Waals surface area (Å²) in [7, 11) is 0. The Morgan fingerprint density at radius 3 is 2.05 bits per heavy atom. The summed E-state index contributed by atoms with van der Waals surface area (Å²) in [5, 5.41) is 3.61. The molecule has 0 radical (unpaired) electrons. The van der Waals surface area contributed by atoms with E-state index in [0.29, 0.717) is 39.3 Å². The van der Waals surface area contributed by atoms with E-state index in [1.807, 2.05) is 24.4 Å². The number of benzene rings is 8. The Morgan fingerprint density at radius 2 is 1.26 bits per heavy atom. The molecule has 0 N–H and O–H groups in total. The Balaban J connectivity index is 1.06. The van der Waals surface area contributed by atoms with Crippen molar-refractivity contribution in [3.8, 4) is 62.1 Å². The summed E-state index contributed by atoms with van der Waals surface area (Å²) >= 11 is 0. The molecule has 0 unspecified atom stereocenters.